The number of nitrogens with one attached hydrogen (secondary N) is 1. The Morgan fingerprint density at radius 3 is 3.00 bits per heavy atom. The lowest BCUT2D eigenvalue weighted by Gasteiger charge is -2.05. The molecule has 0 unspecified atom stereocenters. The molecular formula is C14H16N2. The molecule has 0 saturated heterocycles. The van der Waals surface area contributed by atoms with E-state index in [1.807, 2.05) is 7.05 Å². The van der Waals surface area contributed by atoms with Crippen molar-refractivity contribution in [1.29, 1.82) is 0 Å². The van der Waals surface area contributed by atoms with E-state index in [1.54, 1.807) is 0 Å². The Morgan fingerprint density at radius 1 is 1.38 bits per heavy atom. The topological polar surface area (TPSA) is 17.0 Å². The Morgan fingerprint density at radius 2 is 2.25 bits per heavy atom. The lowest BCUT2D eigenvalue weighted by Crippen LogP contribution is -2.05. The van der Waals surface area contributed by atoms with Crippen LogP contribution in [0.3, 0.4) is 0 Å². The van der Waals surface area contributed by atoms with Crippen molar-refractivity contribution < 1.29 is 0 Å². The average Bonchev–Trinajstić information content (AvgIpc) is 2.69. The highest BCUT2D eigenvalue weighted by molar-refractivity contribution is 5.80. The van der Waals surface area contributed by atoms with Crippen molar-refractivity contribution in [2.24, 2.45) is 0 Å². The predicted octanol–water partition coefficient (Wildman–Crippen LogP) is 2.38. The van der Waals surface area contributed by atoms with Gasteiger partial charge in [-0.15, -0.1) is 12.3 Å². The first kappa shape index (κ1) is 10.8. The van der Waals surface area contributed by atoms with E-state index in [9.17, 15) is 0 Å². The van der Waals surface area contributed by atoms with Gasteiger partial charge in [-0.1, -0.05) is 12.1 Å². The Kier molecular flexibility index (Phi) is 3.28. The maximum Gasteiger partial charge on any atom is 0.0483 e. The van der Waals surface area contributed by atoms with Crippen LogP contribution in [0.15, 0.2) is 30.5 Å². The van der Waals surface area contributed by atoms with E-state index in [2.05, 4.69) is 46.3 Å². The fourth-order valence-electron chi connectivity index (χ4n) is 1.92. The summed E-state index contributed by atoms with van der Waals surface area (Å²) in [4.78, 5) is 0. The van der Waals surface area contributed by atoms with Gasteiger partial charge in [0, 0.05) is 31.2 Å². The SMILES string of the molecule is C#CCCn1ccc2ccc(CNC)cc21. The molecule has 1 N–H and O–H groups in total. The molecule has 0 fully saturated rings. The van der Waals surface area contributed by atoms with Gasteiger partial charge in [-0.05, 0) is 30.1 Å². The standard InChI is InChI=1S/C14H16N2/c1-3-4-8-16-9-7-13-6-5-12(11-15-2)10-14(13)16/h1,5-7,9-10,15H,4,8,11H2,2H3. The molecule has 2 heteroatoms. The normalized spacial score (nSPS) is 10.5. The molecule has 2 nitrogen and oxygen atoms in total. The molecule has 0 atom stereocenters. The number of nitrogens with zero attached hydrogens (tertiary/aromatic N) is 1. The molecule has 0 bridgehead atoms. The largest absolute Gasteiger partial charge is 0.347 e. The van der Waals surface area contributed by atoms with Crippen LogP contribution in [0.5, 0.6) is 0 Å². The molecule has 0 saturated carbocycles. The first-order valence-corrected chi connectivity index (χ1v) is 5.51. The Balaban J connectivity index is 2.36. The van der Waals surface area contributed by atoms with E-state index in [4.69, 9.17) is 6.42 Å². The molecule has 1 aromatic heterocycles. The Bertz CT molecular complexity index is 517. The van der Waals surface area contributed by atoms with Gasteiger partial charge < -0.3 is 9.88 Å². The van der Waals surface area contributed by atoms with E-state index in [0.29, 0.717) is 0 Å². The smallest absolute Gasteiger partial charge is 0.0483 e. The molecule has 0 aliphatic carbocycles. The maximum absolute atomic E-state index is 5.29. The molecular weight excluding hydrogens is 196 g/mol. The first-order chi connectivity index (χ1) is 7.85. The highest BCUT2D eigenvalue weighted by Gasteiger charge is 2.01. The van der Waals surface area contributed by atoms with Crippen LogP contribution in [-0.4, -0.2) is 11.6 Å². The molecule has 0 spiro atoms. The summed E-state index contributed by atoms with van der Waals surface area (Å²) in [5.41, 5.74) is 2.57. The third kappa shape index (κ3) is 2.10. The van der Waals surface area contributed by atoms with Crippen molar-refractivity contribution in [1.82, 2.24) is 9.88 Å². The second-order valence-electron chi connectivity index (χ2n) is 3.89. The molecule has 16 heavy (non-hydrogen) atoms. The summed E-state index contributed by atoms with van der Waals surface area (Å²) in [6, 6.07) is 8.68. The third-order valence-corrected chi connectivity index (χ3v) is 2.72. The van der Waals surface area contributed by atoms with Crippen molar-refractivity contribution in [3.05, 3.63) is 36.0 Å². The van der Waals surface area contributed by atoms with Crippen molar-refractivity contribution in [3.8, 4) is 12.3 Å². The summed E-state index contributed by atoms with van der Waals surface area (Å²) < 4.78 is 2.22. The molecule has 82 valence electrons. The van der Waals surface area contributed by atoms with Gasteiger partial charge in [-0.2, -0.15) is 0 Å². The van der Waals surface area contributed by atoms with Crippen molar-refractivity contribution in [2.45, 2.75) is 19.5 Å². The zero-order chi connectivity index (χ0) is 11.4. The first-order valence-electron chi connectivity index (χ1n) is 5.51. The maximum atomic E-state index is 5.29. The summed E-state index contributed by atoms with van der Waals surface area (Å²) in [7, 11) is 1.96. The van der Waals surface area contributed by atoms with Gasteiger partial charge in [0.25, 0.3) is 0 Å². The molecule has 1 heterocycles. The monoisotopic (exact) mass is 212 g/mol. The lowest BCUT2D eigenvalue weighted by molar-refractivity contribution is 0.747. The zero-order valence-electron chi connectivity index (χ0n) is 9.53. The van der Waals surface area contributed by atoms with Gasteiger partial charge >= 0.3 is 0 Å². The second kappa shape index (κ2) is 4.87. The van der Waals surface area contributed by atoms with Crippen molar-refractivity contribution >= 4 is 10.9 Å². The molecule has 0 radical (unpaired) electrons. The molecule has 0 aliphatic heterocycles. The average molecular weight is 212 g/mol. The molecule has 0 aliphatic rings. The number of terminal acetylenes is 1. The summed E-state index contributed by atoms with van der Waals surface area (Å²) in [6.45, 7) is 1.79. The number of aromatic nitrogens is 1. The van der Waals surface area contributed by atoms with E-state index in [0.717, 1.165) is 19.5 Å². The minimum Gasteiger partial charge on any atom is -0.347 e. The van der Waals surface area contributed by atoms with Gasteiger partial charge in [-0.3, -0.25) is 0 Å². The van der Waals surface area contributed by atoms with Crippen LogP contribution in [0.4, 0.5) is 0 Å². The molecule has 1 aromatic carbocycles. The zero-order valence-corrected chi connectivity index (χ0v) is 9.53. The van der Waals surface area contributed by atoms with Crippen molar-refractivity contribution in [3.63, 3.8) is 0 Å². The van der Waals surface area contributed by atoms with E-state index < -0.39 is 0 Å². The predicted molar refractivity (Wildman–Crippen MR) is 68.2 cm³/mol. The van der Waals surface area contributed by atoms with Gasteiger partial charge in [0.2, 0.25) is 0 Å². The minimum absolute atomic E-state index is 0.778. The molecule has 0 amide bonds. The number of fused-ring (bicyclic) bond motifs is 1. The quantitative estimate of drug-likeness (QED) is 0.770. The van der Waals surface area contributed by atoms with E-state index in [-0.39, 0.29) is 0 Å². The number of rotatable bonds is 4. The Labute approximate surface area is 96.3 Å². The van der Waals surface area contributed by atoms with Crippen LogP contribution >= 0.6 is 0 Å². The van der Waals surface area contributed by atoms with Crippen LogP contribution in [-0.2, 0) is 13.1 Å². The highest BCUT2D eigenvalue weighted by atomic mass is 14.9. The van der Waals surface area contributed by atoms with E-state index in [1.165, 1.54) is 16.5 Å². The molecule has 2 aromatic rings. The summed E-state index contributed by atoms with van der Waals surface area (Å²) in [6.07, 6.45) is 8.17. The summed E-state index contributed by atoms with van der Waals surface area (Å²) in [5, 5.41) is 4.44. The number of benzene rings is 1. The highest BCUT2D eigenvalue weighted by Crippen LogP contribution is 2.18. The van der Waals surface area contributed by atoms with Gasteiger partial charge in [-0.25, -0.2) is 0 Å². The fourth-order valence-corrected chi connectivity index (χ4v) is 1.92. The van der Waals surface area contributed by atoms with Crippen LogP contribution in [0, 0.1) is 12.3 Å². The fraction of sp³-hybridized carbons (Fsp3) is 0.286. The summed E-state index contributed by atoms with van der Waals surface area (Å²) in [5.74, 6) is 2.68. The number of hydrogen-bond acceptors (Lipinski definition) is 1. The summed E-state index contributed by atoms with van der Waals surface area (Å²) >= 11 is 0. The van der Waals surface area contributed by atoms with Crippen LogP contribution in [0.25, 0.3) is 10.9 Å². The van der Waals surface area contributed by atoms with Crippen LogP contribution in [0.1, 0.15) is 12.0 Å². The number of aryl methyl sites for hydroxylation is 1. The minimum atomic E-state index is 0.778. The van der Waals surface area contributed by atoms with Crippen molar-refractivity contribution in [2.75, 3.05) is 7.05 Å². The number of hydrogen-bond donors (Lipinski definition) is 1. The van der Waals surface area contributed by atoms with Gasteiger partial charge in [0.1, 0.15) is 0 Å². The lowest BCUT2D eigenvalue weighted by atomic mass is 10.1. The van der Waals surface area contributed by atoms with Gasteiger partial charge in [0.05, 0.1) is 0 Å². The van der Waals surface area contributed by atoms with Crippen LogP contribution < -0.4 is 5.32 Å². The Hall–Kier alpha value is -1.72. The second-order valence-corrected chi connectivity index (χ2v) is 3.89. The van der Waals surface area contributed by atoms with Crippen LogP contribution in [0.2, 0.25) is 0 Å². The van der Waals surface area contributed by atoms with Gasteiger partial charge in [0.15, 0.2) is 0 Å². The van der Waals surface area contributed by atoms with E-state index >= 15 is 0 Å². The molecule has 2 rings (SSSR count). The third-order valence-electron chi connectivity index (χ3n) is 2.72.